The molecule has 100 valence electrons. The molecule has 0 amide bonds. The van der Waals surface area contributed by atoms with Gasteiger partial charge in [-0.3, -0.25) is 4.98 Å². The molecule has 0 saturated carbocycles. The van der Waals surface area contributed by atoms with Crippen LogP contribution in [0, 0.1) is 16.3 Å². The Morgan fingerprint density at radius 2 is 2.11 bits per heavy atom. The molecule has 2 rings (SSSR count). The lowest BCUT2D eigenvalue weighted by Crippen LogP contribution is -2.23. The van der Waals surface area contributed by atoms with Gasteiger partial charge < -0.3 is 5.32 Å². The fraction of sp³-hybridized carbons (Fsp3) is 0.267. The van der Waals surface area contributed by atoms with Gasteiger partial charge in [0.05, 0.1) is 6.04 Å². The summed E-state index contributed by atoms with van der Waals surface area (Å²) >= 11 is 2.18. The van der Waals surface area contributed by atoms with Crippen molar-refractivity contribution in [3.63, 3.8) is 0 Å². The lowest BCUT2D eigenvalue weighted by atomic mass is 9.96. The lowest BCUT2D eigenvalue weighted by molar-refractivity contribution is 0.608. The van der Waals surface area contributed by atoms with Crippen molar-refractivity contribution in [2.45, 2.75) is 19.9 Å². The van der Waals surface area contributed by atoms with E-state index >= 15 is 0 Å². The number of hydrogen-bond acceptors (Lipinski definition) is 2. The van der Waals surface area contributed by atoms with Gasteiger partial charge in [0.25, 0.3) is 0 Å². The third-order valence-corrected chi connectivity index (χ3v) is 4.01. The summed E-state index contributed by atoms with van der Waals surface area (Å²) in [5.74, 6) is -0.202. The molecule has 0 aliphatic rings. The second kappa shape index (κ2) is 6.43. The van der Waals surface area contributed by atoms with E-state index in [9.17, 15) is 4.39 Å². The van der Waals surface area contributed by atoms with Crippen LogP contribution >= 0.6 is 22.6 Å². The highest BCUT2D eigenvalue weighted by atomic mass is 127. The van der Waals surface area contributed by atoms with Crippen molar-refractivity contribution in [1.82, 2.24) is 10.3 Å². The molecule has 4 heteroatoms. The van der Waals surface area contributed by atoms with Crippen LogP contribution in [0.4, 0.5) is 4.39 Å². The summed E-state index contributed by atoms with van der Waals surface area (Å²) in [4.78, 5) is 4.20. The van der Waals surface area contributed by atoms with E-state index in [-0.39, 0.29) is 11.9 Å². The van der Waals surface area contributed by atoms with Gasteiger partial charge in [0.15, 0.2) is 0 Å². The van der Waals surface area contributed by atoms with Crippen molar-refractivity contribution in [3.05, 3.63) is 62.7 Å². The van der Waals surface area contributed by atoms with E-state index in [0.717, 1.165) is 21.2 Å². The number of nitrogens with one attached hydrogen (secondary N) is 1. The minimum atomic E-state index is -0.202. The molecule has 2 aromatic rings. The van der Waals surface area contributed by atoms with Crippen molar-refractivity contribution < 1.29 is 4.39 Å². The zero-order valence-electron chi connectivity index (χ0n) is 11.0. The van der Waals surface area contributed by atoms with Crippen molar-refractivity contribution in [2.24, 2.45) is 0 Å². The van der Waals surface area contributed by atoms with E-state index in [2.05, 4.69) is 46.7 Å². The Morgan fingerprint density at radius 1 is 1.32 bits per heavy atom. The van der Waals surface area contributed by atoms with E-state index in [1.807, 2.05) is 18.3 Å². The highest BCUT2D eigenvalue weighted by Gasteiger charge is 2.18. The first-order valence-electron chi connectivity index (χ1n) is 6.22. The molecule has 0 fully saturated rings. The first kappa shape index (κ1) is 14.4. The third kappa shape index (κ3) is 3.30. The first-order chi connectivity index (χ1) is 9.13. The van der Waals surface area contributed by atoms with Crippen molar-refractivity contribution in [1.29, 1.82) is 0 Å². The molecular weight excluding hydrogens is 354 g/mol. The Kier molecular flexibility index (Phi) is 4.87. The third-order valence-electron chi connectivity index (χ3n) is 3.07. The molecule has 1 aromatic heterocycles. The number of aromatic nitrogens is 1. The summed E-state index contributed by atoms with van der Waals surface area (Å²) in [5, 5.41) is 3.45. The van der Waals surface area contributed by atoms with Gasteiger partial charge in [-0.2, -0.15) is 0 Å². The Hall–Kier alpha value is -1.01. The minimum Gasteiger partial charge on any atom is -0.306 e. The maximum absolute atomic E-state index is 13.2. The van der Waals surface area contributed by atoms with Crippen LogP contribution in [-0.2, 0) is 0 Å². The smallest absolute Gasteiger partial charge is 0.124 e. The molecule has 0 saturated heterocycles. The molecule has 1 heterocycles. The fourth-order valence-corrected chi connectivity index (χ4v) is 2.89. The zero-order chi connectivity index (χ0) is 13.8. The maximum Gasteiger partial charge on any atom is 0.124 e. The van der Waals surface area contributed by atoms with Crippen LogP contribution in [0.1, 0.15) is 29.7 Å². The molecule has 0 spiro atoms. The molecule has 0 radical (unpaired) electrons. The van der Waals surface area contributed by atoms with Crippen LogP contribution in [0.2, 0.25) is 0 Å². The van der Waals surface area contributed by atoms with Gasteiger partial charge >= 0.3 is 0 Å². The topological polar surface area (TPSA) is 24.9 Å². The van der Waals surface area contributed by atoms with Crippen LogP contribution in [0.5, 0.6) is 0 Å². The lowest BCUT2D eigenvalue weighted by Gasteiger charge is -2.21. The van der Waals surface area contributed by atoms with E-state index in [0.29, 0.717) is 0 Å². The average Bonchev–Trinajstić information content (AvgIpc) is 2.38. The van der Waals surface area contributed by atoms with Gasteiger partial charge in [-0.1, -0.05) is 13.0 Å². The normalized spacial score (nSPS) is 12.4. The fourth-order valence-electron chi connectivity index (χ4n) is 2.11. The van der Waals surface area contributed by atoms with Gasteiger partial charge in [0, 0.05) is 16.0 Å². The molecule has 19 heavy (non-hydrogen) atoms. The summed E-state index contributed by atoms with van der Waals surface area (Å²) in [6.45, 7) is 4.97. The highest BCUT2D eigenvalue weighted by molar-refractivity contribution is 14.1. The second-order valence-corrected chi connectivity index (χ2v) is 5.55. The number of aryl methyl sites for hydroxylation is 1. The van der Waals surface area contributed by atoms with Crippen molar-refractivity contribution >= 4 is 22.6 Å². The molecule has 2 nitrogen and oxygen atoms in total. The summed E-state index contributed by atoms with van der Waals surface area (Å²) in [5.41, 5.74) is 3.40. The molecular formula is C15H16FIN2. The van der Waals surface area contributed by atoms with Crippen molar-refractivity contribution in [3.8, 4) is 0 Å². The Bertz CT molecular complexity index is 572. The summed E-state index contributed by atoms with van der Waals surface area (Å²) in [6, 6.07) is 6.96. The predicted octanol–water partition coefficient (Wildman–Crippen LogP) is 3.83. The Labute approximate surface area is 126 Å². The van der Waals surface area contributed by atoms with Crippen LogP contribution in [-0.4, -0.2) is 11.5 Å². The number of halogens is 2. The minimum absolute atomic E-state index is 0.0474. The van der Waals surface area contributed by atoms with Crippen molar-refractivity contribution in [2.75, 3.05) is 6.54 Å². The number of benzene rings is 1. The molecule has 1 atom stereocenters. The molecule has 0 aliphatic carbocycles. The van der Waals surface area contributed by atoms with Crippen LogP contribution in [0.25, 0.3) is 0 Å². The van der Waals surface area contributed by atoms with Gasteiger partial charge in [-0.25, -0.2) is 4.39 Å². The van der Waals surface area contributed by atoms with Gasteiger partial charge in [-0.15, -0.1) is 0 Å². The molecule has 1 aromatic carbocycles. The summed E-state index contributed by atoms with van der Waals surface area (Å²) in [6.07, 6.45) is 3.67. The quantitative estimate of drug-likeness (QED) is 0.828. The number of nitrogens with zero attached hydrogens (tertiary/aromatic N) is 1. The second-order valence-electron chi connectivity index (χ2n) is 4.39. The molecule has 0 aliphatic heterocycles. The zero-order valence-corrected chi connectivity index (χ0v) is 13.1. The number of hydrogen-bond donors (Lipinski definition) is 1. The predicted molar refractivity (Wildman–Crippen MR) is 83.6 cm³/mol. The summed E-state index contributed by atoms with van der Waals surface area (Å²) < 4.78 is 14.2. The van der Waals surface area contributed by atoms with E-state index < -0.39 is 0 Å². The van der Waals surface area contributed by atoms with Crippen LogP contribution < -0.4 is 5.32 Å². The van der Waals surface area contributed by atoms with Gasteiger partial charge in [0.1, 0.15) is 5.82 Å². The van der Waals surface area contributed by atoms with Gasteiger partial charge in [0.2, 0.25) is 0 Å². The highest BCUT2D eigenvalue weighted by Crippen LogP contribution is 2.28. The van der Waals surface area contributed by atoms with Gasteiger partial charge in [-0.05, 0) is 70.9 Å². The van der Waals surface area contributed by atoms with E-state index in [1.165, 1.54) is 11.6 Å². The Morgan fingerprint density at radius 3 is 2.74 bits per heavy atom. The van der Waals surface area contributed by atoms with Crippen LogP contribution in [0.3, 0.4) is 0 Å². The largest absolute Gasteiger partial charge is 0.306 e. The average molecular weight is 370 g/mol. The molecule has 1 unspecified atom stereocenters. The maximum atomic E-state index is 13.2. The Balaban J connectivity index is 2.48. The van der Waals surface area contributed by atoms with E-state index in [1.54, 1.807) is 12.3 Å². The number of pyridine rings is 1. The number of rotatable bonds is 4. The van der Waals surface area contributed by atoms with Crippen LogP contribution in [0.15, 0.2) is 36.7 Å². The summed E-state index contributed by atoms with van der Waals surface area (Å²) in [7, 11) is 0. The standard InChI is InChI=1S/C15H16FIN2/c1-3-19-15(13-9-18-7-6-10(13)2)12-5-4-11(16)8-14(12)17/h4-9,15,19H,3H2,1-2H3. The molecule has 0 bridgehead atoms. The van der Waals surface area contributed by atoms with E-state index in [4.69, 9.17) is 0 Å². The monoisotopic (exact) mass is 370 g/mol. The molecule has 1 N–H and O–H groups in total. The SMILES string of the molecule is CCNC(c1cnccc1C)c1ccc(F)cc1I. The first-order valence-corrected chi connectivity index (χ1v) is 7.30.